The van der Waals surface area contributed by atoms with Crippen molar-refractivity contribution >= 4 is 12.2 Å². The van der Waals surface area contributed by atoms with Crippen LogP contribution in [0.3, 0.4) is 0 Å². The second-order valence-electron chi connectivity index (χ2n) is 3.53. The SMILES string of the molecule is CON=Cc1ccccc1OC(=O)C(C)C. The summed E-state index contributed by atoms with van der Waals surface area (Å²) in [5.74, 6) is 0.0627. The molecule has 4 nitrogen and oxygen atoms in total. The molecule has 4 heteroatoms. The van der Waals surface area contributed by atoms with E-state index in [-0.39, 0.29) is 11.9 Å². The van der Waals surface area contributed by atoms with Gasteiger partial charge in [-0.1, -0.05) is 31.1 Å². The highest BCUT2D eigenvalue weighted by atomic mass is 16.6. The molecule has 16 heavy (non-hydrogen) atoms. The molecule has 0 aromatic heterocycles. The van der Waals surface area contributed by atoms with E-state index in [1.165, 1.54) is 13.3 Å². The second kappa shape index (κ2) is 5.90. The van der Waals surface area contributed by atoms with Crippen LogP contribution in [0, 0.1) is 5.92 Å². The summed E-state index contributed by atoms with van der Waals surface area (Å²) in [6.07, 6.45) is 1.50. The number of carbonyl (C=O) groups excluding carboxylic acids is 1. The molecule has 0 heterocycles. The summed E-state index contributed by atoms with van der Waals surface area (Å²) in [5, 5.41) is 3.64. The Balaban J connectivity index is 2.86. The van der Waals surface area contributed by atoms with Gasteiger partial charge in [-0.25, -0.2) is 0 Å². The van der Waals surface area contributed by atoms with Crippen LogP contribution in [-0.4, -0.2) is 19.3 Å². The molecule has 1 aromatic carbocycles. The lowest BCUT2D eigenvalue weighted by atomic mass is 10.2. The van der Waals surface area contributed by atoms with Gasteiger partial charge in [0, 0.05) is 5.56 Å². The number of hydrogen-bond acceptors (Lipinski definition) is 4. The van der Waals surface area contributed by atoms with Gasteiger partial charge in [0.2, 0.25) is 0 Å². The van der Waals surface area contributed by atoms with Crippen LogP contribution in [0.25, 0.3) is 0 Å². The number of benzene rings is 1. The first-order chi connectivity index (χ1) is 7.65. The zero-order valence-electron chi connectivity index (χ0n) is 9.64. The largest absolute Gasteiger partial charge is 0.426 e. The Bertz CT molecular complexity index is 386. The number of hydrogen-bond donors (Lipinski definition) is 0. The monoisotopic (exact) mass is 221 g/mol. The molecule has 0 bridgehead atoms. The van der Waals surface area contributed by atoms with Crippen molar-refractivity contribution in [1.82, 2.24) is 0 Å². The standard InChI is InChI=1S/C12H15NO3/c1-9(2)12(14)16-11-7-5-4-6-10(11)8-13-15-3/h4-9H,1-3H3. The van der Waals surface area contributed by atoms with Gasteiger partial charge < -0.3 is 9.57 Å². The zero-order chi connectivity index (χ0) is 12.0. The minimum atomic E-state index is -0.265. The Morgan fingerprint density at radius 2 is 2.06 bits per heavy atom. The molecule has 0 atom stereocenters. The van der Waals surface area contributed by atoms with Crippen LogP contribution in [0.5, 0.6) is 5.75 Å². The number of oxime groups is 1. The van der Waals surface area contributed by atoms with Crippen molar-refractivity contribution in [2.45, 2.75) is 13.8 Å². The Kier molecular flexibility index (Phi) is 4.51. The number of nitrogens with zero attached hydrogens (tertiary/aromatic N) is 1. The van der Waals surface area contributed by atoms with Gasteiger partial charge in [-0.15, -0.1) is 0 Å². The summed E-state index contributed by atoms with van der Waals surface area (Å²) in [4.78, 5) is 16.0. The maximum absolute atomic E-state index is 11.4. The maximum Gasteiger partial charge on any atom is 0.313 e. The molecule has 0 N–H and O–H groups in total. The average Bonchev–Trinajstić information content (AvgIpc) is 2.27. The lowest BCUT2D eigenvalue weighted by Crippen LogP contribution is -2.15. The van der Waals surface area contributed by atoms with Crippen molar-refractivity contribution in [2.75, 3.05) is 7.11 Å². The lowest BCUT2D eigenvalue weighted by molar-refractivity contribution is -0.137. The topological polar surface area (TPSA) is 47.9 Å². The molecule has 1 aromatic rings. The van der Waals surface area contributed by atoms with Crippen molar-refractivity contribution in [3.05, 3.63) is 29.8 Å². The molecular formula is C12H15NO3. The highest BCUT2D eigenvalue weighted by Crippen LogP contribution is 2.17. The number of rotatable bonds is 4. The van der Waals surface area contributed by atoms with Crippen molar-refractivity contribution in [3.8, 4) is 5.75 Å². The van der Waals surface area contributed by atoms with Crippen molar-refractivity contribution in [3.63, 3.8) is 0 Å². The predicted molar refractivity (Wildman–Crippen MR) is 61.5 cm³/mol. The van der Waals surface area contributed by atoms with Gasteiger partial charge in [-0.2, -0.15) is 0 Å². The molecule has 0 unspecified atom stereocenters. The zero-order valence-corrected chi connectivity index (χ0v) is 9.64. The highest BCUT2D eigenvalue weighted by molar-refractivity contribution is 5.85. The average molecular weight is 221 g/mol. The van der Waals surface area contributed by atoms with Crippen LogP contribution in [0.15, 0.2) is 29.4 Å². The van der Waals surface area contributed by atoms with Gasteiger partial charge in [0.05, 0.1) is 12.1 Å². The van der Waals surface area contributed by atoms with E-state index in [0.717, 1.165) is 0 Å². The van der Waals surface area contributed by atoms with Crippen LogP contribution in [-0.2, 0) is 9.63 Å². The van der Waals surface area contributed by atoms with Crippen LogP contribution >= 0.6 is 0 Å². The van der Waals surface area contributed by atoms with Gasteiger partial charge in [-0.05, 0) is 12.1 Å². The first-order valence-corrected chi connectivity index (χ1v) is 5.02. The maximum atomic E-state index is 11.4. The Morgan fingerprint density at radius 1 is 1.38 bits per heavy atom. The number of esters is 1. The smallest absolute Gasteiger partial charge is 0.313 e. The molecule has 0 amide bonds. The minimum Gasteiger partial charge on any atom is -0.426 e. The number of carbonyl (C=O) groups is 1. The van der Waals surface area contributed by atoms with Crippen LogP contribution in [0.1, 0.15) is 19.4 Å². The van der Waals surface area contributed by atoms with Crippen molar-refractivity contribution in [2.24, 2.45) is 11.1 Å². The third-order valence-electron chi connectivity index (χ3n) is 1.90. The Hall–Kier alpha value is -1.84. The lowest BCUT2D eigenvalue weighted by Gasteiger charge is -2.08. The van der Waals surface area contributed by atoms with Gasteiger partial charge in [0.15, 0.2) is 0 Å². The van der Waals surface area contributed by atoms with Gasteiger partial charge >= 0.3 is 5.97 Å². The summed E-state index contributed by atoms with van der Waals surface area (Å²) < 4.78 is 5.22. The van der Waals surface area contributed by atoms with Crippen molar-refractivity contribution in [1.29, 1.82) is 0 Å². The molecule has 0 aliphatic carbocycles. The molecule has 0 spiro atoms. The second-order valence-corrected chi connectivity index (χ2v) is 3.53. The molecule has 86 valence electrons. The minimum absolute atomic E-state index is 0.160. The van der Waals surface area contributed by atoms with Crippen LogP contribution in [0.4, 0.5) is 0 Å². The molecule has 1 rings (SSSR count). The third-order valence-corrected chi connectivity index (χ3v) is 1.90. The summed E-state index contributed by atoms with van der Waals surface area (Å²) in [5.41, 5.74) is 0.707. The molecule has 0 saturated carbocycles. The molecule has 0 fully saturated rings. The van der Waals surface area contributed by atoms with Crippen LogP contribution < -0.4 is 4.74 Å². The predicted octanol–water partition coefficient (Wildman–Crippen LogP) is 2.23. The van der Waals surface area contributed by atoms with E-state index in [2.05, 4.69) is 9.99 Å². The van der Waals surface area contributed by atoms with E-state index in [9.17, 15) is 4.79 Å². The summed E-state index contributed by atoms with van der Waals surface area (Å²) in [6.45, 7) is 3.57. The molecule has 0 aliphatic rings. The third kappa shape index (κ3) is 3.38. The van der Waals surface area contributed by atoms with Gasteiger partial charge in [-0.3, -0.25) is 4.79 Å². The van der Waals surface area contributed by atoms with E-state index in [0.29, 0.717) is 11.3 Å². The molecule has 0 radical (unpaired) electrons. The quantitative estimate of drug-likeness (QED) is 0.339. The summed E-state index contributed by atoms with van der Waals surface area (Å²) >= 11 is 0. The summed E-state index contributed by atoms with van der Waals surface area (Å²) in [7, 11) is 1.46. The molecular weight excluding hydrogens is 206 g/mol. The van der Waals surface area contributed by atoms with E-state index in [1.54, 1.807) is 32.0 Å². The number of ether oxygens (including phenoxy) is 1. The van der Waals surface area contributed by atoms with E-state index >= 15 is 0 Å². The summed E-state index contributed by atoms with van der Waals surface area (Å²) in [6, 6.07) is 7.15. The van der Waals surface area contributed by atoms with Crippen molar-refractivity contribution < 1.29 is 14.4 Å². The van der Waals surface area contributed by atoms with Gasteiger partial charge in [0.1, 0.15) is 12.9 Å². The normalized spacial score (nSPS) is 10.8. The van der Waals surface area contributed by atoms with Crippen LogP contribution in [0.2, 0.25) is 0 Å². The van der Waals surface area contributed by atoms with E-state index in [4.69, 9.17) is 4.74 Å². The Labute approximate surface area is 94.9 Å². The molecule has 0 saturated heterocycles. The molecule has 0 aliphatic heterocycles. The highest BCUT2D eigenvalue weighted by Gasteiger charge is 2.11. The first-order valence-electron chi connectivity index (χ1n) is 5.02. The van der Waals surface area contributed by atoms with E-state index < -0.39 is 0 Å². The fourth-order valence-electron chi connectivity index (χ4n) is 1.02. The van der Waals surface area contributed by atoms with E-state index in [1.807, 2.05) is 6.07 Å². The van der Waals surface area contributed by atoms with Gasteiger partial charge in [0.25, 0.3) is 0 Å². The fourth-order valence-corrected chi connectivity index (χ4v) is 1.02. The Morgan fingerprint density at radius 3 is 2.69 bits per heavy atom. The fraction of sp³-hybridized carbons (Fsp3) is 0.333. The first kappa shape index (κ1) is 12.2. The number of para-hydroxylation sites is 1.